The Kier molecular flexibility index (Phi) is 3.63. The van der Waals surface area contributed by atoms with E-state index in [0.717, 1.165) is 22.7 Å². The third-order valence-corrected chi connectivity index (χ3v) is 3.00. The van der Waals surface area contributed by atoms with Gasteiger partial charge in [-0.1, -0.05) is 11.6 Å². The monoisotopic (exact) mass is 262 g/mol. The van der Waals surface area contributed by atoms with Crippen LogP contribution in [0.4, 0.5) is 17.1 Å². The molecular weight excluding hydrogens is 248 g/mol. The zero-order valence-electron chi connectivity index (χ0n) is 10.3. The normalized spacial score (nSPS) is 10.2. The van der Waals surface area contributed by atoms with Crippen molar-refractivity contribution >= 4 is 28.7 Å². The zero-order chi connectivity index (χ0) is 13.1. The molecule has 0 aliphatic rings. The van der Waals surface area contributed by atoms with Crippen molar-refractivity contribution in [3.05, 3.63) is 47.0 Å². The lowest BCUT2D eigenvalue weighted by Crippen LogP contribution is -1.97. The first kappa shape index (κ1) is 12.6. The van der Waals surface area contributed by atoms with Crippen LogP contribution in [0, 0.1) is 6.92 Å². The second-order valence-corrected chi connectivity index (χ2v) is 4.46. The van der Waals surface area contributed by atoms with Crippen molar-refractivity contribution in [1.29, 1.82) is 0 Å². The molecule has 0 spiro atoms. The van der Waals surface area contributed by atoms with Gasteiger partial charge in [0.25, 0.3) is 0 Å². The molecule has 3 N–H and O–H groups in total. The molecule has 0 bridgehead atoms. The van der Waals surface area contributed by atoms with E-state index in [4.69, 9.17) is 22.1 Å². The van der Waals surface area contributed by atoms with Crippen LogP contribution in [0.5, 0.6) is 5.75 Å². The molecule has 0 amide bonds. The Bertz CT molecular complexity index is 552. The predicted molar refractivity (Wildman–Crippen MR) is 76.9 cm³/mol. The molecule has 0 aliphatic heterocycles. The molecular formula is C14H15ClN2O. The standard InChI is InChI=1S/C14H15ClN2O/c1-9-13(16)7-10(15)8-14(9)17-11-3-5-12(18-2)6-4-11/h3-8,17H,16H2,1-2H3. The fraction of sp³-hybridized carbons (Fsp3) is 0.143. The number of hydrogen-bond acceptors (Lipinski definition) is 3. The molecule has 0 saturated heterocycles. The first-order chi connectivity index (χ1) is 8.60. The van der Waals surface area contributed by atoms with Crippen LogP contribution in [0.1, 0.15) is 5.56 Å². The lowest BCUT2D eigenvalue weighted by atomic mass is 10.1. The average molecular weight is 263 g/mol. The van der Waals surface area contributed by atoms with Crippen LogP contribution in [0.25, 0.3) is 0 Å². The molecule has 0 atom stereocenters. The second-order valence-electron chi connectivity index (χ2n) is 4.02. The molecule has 0 aromatic heterocycles. The molecule has 2 aromatic rings. The van der Waals surface area contributed by atoms with Gasteiger partial charge in [-0.2, -0.15) is 0 Å². The molecule has 3 nitrogen and oxygen atoms in total. The molecule has 0 aliphatic carbocycles. The van der Waals surface area contributed by atoms with Crippen LogP contribution in [0.15, 0.2) is 36.4 Å². The van der Waals surface area contributed by atoms with Crippen molar-refractivity contribution < 1.29 is 4.74 Å². The van der Waals surface area contributed by atoms with Gasteiger partial charge in [0.15, 0.2) is 0 Å². The van der Waals surface area contributed by atoms with Crippen LogP contribution in [0.2, 0.25) is 5.02 Å². The number of benzene rings is 2. The van der Waals surface area contributed by atoms with E-state index in [1.165, 1.54) is 0 Å². The molecule has 0 unspecified atom stereocenters. The van der Waals surface area contributed by atoms with Crippen LogP contribution in [-0.4, -0.2) is 7.11 Å². The summed E-state index contributed by atoms with van der Waals surface area (Å²) in [6, 6.07) is 11.3. The Morgan fingerprint density at radius 1 is 1.17 bits per heavy atom. The topological polar surface area (TPSA) is 47.3 Å². The molecule has 94 valence electrons. The fourth-order valence-electron chi connectivity index (χ4n) is 1.66. The highest BCUT2D eigenvalue weighted by Gasteiger charge is 2.04. The number of ether oxygens (including phenoxy) is 1. The maximum atomic E-state index is 6.00. The van der Waals surface area contributed by atoms with E-state index >= 15 is 0 Å². The first-order valence-electron chi connectivity index (χ1n) is 5.57. The summed E-state index contributed by atoms with van der Waals surface area (Å²) in [5.74, 6) is 0.822. The van der Waals surface area contributed by atoms with Gasteiger partial charge in [0, 0.05) is 22.1 Å². The highest BCUT2D eigenvalue weighted by atomic mass is 35.5. The summed E-state index contributed by atoms with van der Waals surface area (Å²) in [6.45, 7) is 1.96. The van der Waals surface area contributed by atoms with Crippen LogP contribution in [-0.2, 0) is 0 Å². The van der Waals surface area contributed by atoms with Gasteiger partial charge in [0.05, 0.1) is 7.11 Å². The quantitative estimate of drug-likeness (QED) is 0.823. The van der Waals surface area contributed by atoms with Crippen LogP contribution in [0.3, 0.4) is 0 Å². The predicted octanol–water partition coefficient (Wildman–Crippen LogP) is 3.98. The summed E-state index contributed by atoms with van der Waals surface area (Å²) in [5, 5.41) is 3.90. The average Bonchev–Trinajstić information content (AvgIpc) is 2.36. The number of nitrogens with two attached hydrogens (primary N) is 1. The summed E-state index contributed by atoms with van der Waals surface area (Å²) in [4.78, 5) is 0. The van der Waals surface area contributed by atoms with Gasteiger partial charge in [0.2, 0.25) is 0 Å². The van der Waals surface area contributed by atoms with E-state index in [-0.39, 0.29) is 0 Å². The van der Waals surface area contributed by atoms with Crippen molar-refractivity contribution in [3.8, 4) is 5.75 Å². The Balaban J connectivity index is 2.27. The largest absolute Gasteiger partial charge is 0.497 e. The number of anilines is 3. The van der Waals surface area contributed by atoms with Crippen molar-refractivity contribution in [2.45, 2.75) is 6.92 Å². The number of hydrogen-bond donors (Lipinski definition) is 2. The molecule has 2 rings (SSSR count). The van der Waals surface area contributed by atoms with E-state index in [1.807, 2.05) is 37.3 Å². The first-order valence-corrected chi connectivity index (χ1v) is 5.94. The Hall–Kier alpha value is -1.87. The molecule has 0 radical (unpaired) electrons. The maximum Gasteiger partial charge on any atom is 0.119 e. The highest BCUT2D eigenvalue weighted by molar-refractivity contribution is 6.31. The molecule has 0 heterocycles. The zero-order valence-corrected chi connectivity index (χ0v) is 11.1. The van der Waals surface area contributed by atoms with E-state index in [1.54, 1.807) is 13.2 Å². The number of nitrogen functional groups attached to an aromatic ring is 1. The summed E-state index contributed by atoms with van der Waals surface area (Å²) in [5.41, 5.74) is 9.40. The van der Waals surface area contributed by atoms with Gasteiger partial charge in [-0.15, -0.1) is 0 Å². The van der Waals surface area contributed by atoms with Crippen LogP contribution < -0.4 is 15.8 Å². The van der Waals surface area contributed by atoms with E-state index in [2.05, 4.69) is 5.32 Å². The molecule has 0 saturated carbocycles. The summed E-state index contributed by atoms with van der Waals surface area (Å²) in [7, 11) is 1.64. The molecule has 4 heteroatoms. The minimum Gasteiger partial charge on any atom is -0.497 e. The Morgan fingerprint density at radius 3 is 2.44 bits per heavy atom. The smallest absolute Gasteiger partial charge is 0.119 e. The minimum absolute atomic E-state index is 0.620. The third-order valence-electron chi connectivity index (χ3n) is 2.78. The Morgan fingerprint density at radius 2 is 1.83 bits per heavy atom. The number of rotatable bonds is 3. The van der Waals surface area contributed by atoms with Crippen molar-refractivity contribution in [1.82, 2.24) is 0 Å². The minimum atomic E-state index is 0.620. The SMILES string of the molecule is COc1ccc(Nc2cc(Cl)cc(N)c2C)cc1. The lowest BCUT2D eigenvalue weighted by Gasteiger charge is -2.12. The molecule has 0 fully saturated rings. The van der Waals surface area contributed by atoms with Gasteiger partial charge < -0.3 is 15.8 Å². The molecule has 2 aromatic carbocycles. The maximum absolute atomic E-state index is 6.00. The van der Waals surface area contributed by atoms with Gasteiger partial charge in [-0.3, -0.25) is 0 Å². The number of nitrogens with one attached hydrogen (secondary N) is 1. The number of halogens is 1. The lowest BCUT2D eigenvalue weighted by molar-refractivity contribution is 0.415. The Labute approximate surface area is 112 Å². The van der Waals surface area contributed by atoms with E-state index < -0.39 is 0 Å². The third kappa shape index (κ3) is 2.68. The van der Waals surface area contributed by atoms with Crippen molar-refractivity contribution in [3.63, 3.8) is 0 Å². The summed E-state index contributed by atoms with van der Waals surface area (Å²) >= 11 is 6.00. The number of methoxy groups -OCH3 is 1. The van der Waals surface area contributed by atoms with Crippen molar-refractivity contribution in [2.75, 3.05) is 18.2 Å². The summed E-state index contributed by atoms with van der Waals surface area (Å²) < 4.78 is 5.11. The van der Waals surface area contributed by atoms with E-state index in [9.17, 15) is 0 Å². The molecule has 18 heavy (non-hydrogen) atoms. The van der Waals surface area contributed by atoms with Gasteiger partial charge >= 0.3 is 0 Å². The van der Waals surface area contributed by atoms with Crippen LogP contribution >= 0.6 is 11.6 Å². The fourth-order valence-corrected chi connectivity index (χ4v) is 1.89. The second kappa shape index (κ2) is 5.19. The van der Waals surface area contributed by atoms with Gasteiger partial charge in [-0.25, -0.2) is 0 Å². The van der Waals surface area contributed by atoms with Gasteiger partial charge in [0.1, 0.15) is 5.75 Å². The van der Waals surface area contributed by atoms with Crippen molar-refractivity contribution in [2.24, 2.45) is 0 Å². The van der Waals surface area contributed by atoms with Gasteiger partial charge in [-0.05, 0) is 48.9 Å². The highest BCUT2D eigenvalue weighted by Crippen LogP contribution is 2.29. The van der Waals surface area contributed by atoms with E-state index in [0.29, 0.717) is 10.7 Å². The summed E-state index contributed by atoms with van der Waals surface area (Å²) in [6.07, 6.45) is 0.